The number of guanidine groups is 1. The second kappa shape index (κ2) is 17.2. The maximum absolute atomic E-state index is 5.63. The van der Waals surface area contributed by atoms with Gasteiger partial charge in [0.05, 0.1) is 6.61 Å². The van der Waals surface area contributed by atoms with Crippen LogP contribution in [-0.2, 0) is 9.47 Å². The fourth-order valence-corrected chi connectivity index (χ4v) is 1.96. The van der Waals surface area contributed by atoms with E-state index in [0.717, 1.165) is 38.7 Å². The van der Waals surface area contributed by atoms with Crippen molar-refractivity contribution in [2.45, 2.75) is 51.9 Å². The summed E-state index contributed by atoms with van der Waals surface area (Å²) in [5, 5.41) is 6.44. The summed E-state index contributed by atoms with van der Waals surface area (Å²) in [6.45, 7) is 6.29. The van der Waals surface area contributed by atoms with Crippen molar-refractivity contribution in [2.24, 2.45) is 4.99 Å². The van der Waals surface area contributed by atoms with Gasteiger partial charge in [-0.3, -0.25) is 4.99 Å². The predicted molar refractivity (Wildman–Crippen MR) is 90.1 cm³/mol. The number of rotatable bonds is 14. The zero-order valence-electron chi connectivity index (χ0n) is 14.2. The lowest BCUT2D eigenvalue weighted by Crippen LogP contribution is -2.39. The van der Waals surface area contributed by atoms with Crippen molar-refractivity contribution in [3.05, 3.63) is 0 Å². The van der Waals surface area contributed by atoms with E-state index in [1.807, 2.05) is 0 Å². The Morgan fingerprint density at radius 1 is 0.857 bits per heavy atom. The van der Waals surface area contributed by atoms with Crippen molar-refractivity contribution in [3.8, 4) is 0 Å². The number of methoxy groups -OCH3 is 1. The molecule has 0 unspecified atom stereocenters. The van der Waals surface area contributed by atoms with Crippen LogP contribution < -0.4 is 10.6 Å². The minimum atomic E-state index is 0.683. The first-order valence-electron chi connectivity index (χ1n) is 8.36. The standard InChI is InChI=1S/C16H35N3O2/c1-4-5-6-7-8-9-13-21-14-10-11-18-16(17-2)19-12-15-20-3/h4-15H2,1-3H3,(H2,17,18,19). The molecule has 2 N–H and O–H groups in total. The van der Waals surface area contributed by atoms with Crippen LogP contribution in [0.5, 0.6) is 0 Å². The number of hydrogen-bond acceptors (Lipinski definition) is 3. The lowest BCUT2D eigenvalue weighted by molar-refractivity contribution is 0.128. The Hall–Kier alpha value is -0.810. The van der Waals surface area contributed by atoms with Gasteiger partial charge in [-0.2, -0.15) is 0 Å². The molecule has 0 aliphatic heterocycles. The number of nitrogens with one attached hydrogen (secondary N) is 2. The second-order valence-electron chi connectivity index (χ2n) is 5.15. The van der Waals surface area contributed by atoms with Crippen molar-refractivity contribution in [1.29, 1.82) is 0 Å². The molecule has 0 atom stereocenters. The van der Waals surface area contributed by atoms with Gasteiger partial charge in [-0.25, -0.2) is 0 Å². The van der Waals surface area contributed by atoms with Gasteiger partial charge in [-0.15, -0.1) is 0 Å². The number of hydrogen-bond donors (Lipinski definition) is 2. The highest BCUT2D eigenvalue weighted by molar-refractivity contribution is 5.79. The van der Waals surface area contributed by atoms with Crippen molar-refractivity contribution < 1.29 is 9.47 Å². The molecule has 0 aliphatic rings. The Morgan fingerprint density at radius 3 is 2.24 bits per heavy atom. The molecule has 0 amide bonds. The zero-order chi connectivity index (χ0) is 15.6. The molecule has 0 aliphatic carbocycles. The van der Waals surface area contributed by atoms with E-state index < -0.39 is 0 Å². The molecule has 0 bridgehead atoms. The van der Waals surface area contributed by atoms with E-state index in [4.69, 9.17) is 9.47 Å². The van der Waals surface area contributed by atoms with Crippen LogP contribution in [0.4, 0.5) is 0 Å². The van der Waals surface area contributed by atoms with E-state index in [2.05, 4.69) is 22.5 Å². The molecular formula is C16H35N3O2. The van der Waals surface area contributed by atoms with E-state index in [9.17, 15) is 0 Å². The summed E-state index contributed by atoms with van der Waals surface area (Å²) < 4.78 is 10.6. The average Bonchev–Trinajstić information content (AvgIpc) is 2.51. The summed E-state index contributed by atoms with van der Waals surface area (Å²) in [6, 6.07) is 0. The zero-order valence-corrected chi connectivity index (χ0v) is 14.2. The van der Waals surface area contributed by atoms with Crippen LogP contribution in [0.3, 0.4) is 0 Å². The Bertz CT molecular complexity index is 236. The first-order valence-corrected chi connectivity index (χ1v) is 8.36. The molecule has 5 nitrogen and oxygen atoms in total. The molecular weight excluding hydrogens is 266 g/mol. The molecule has 0 saturated carbocycles. The quantitative estimate of drug-likeness (QED) is 0.294. The third-order valence-electron chi connectivity index (χ3n) is 3.22. The monoisotopic (exact) mass is 301 g/mol. The highest BCUT2D eigenvalue weighted by Gasteiger charge is 1.96. The normalized spacial score (nSPS) is 11.7. The molecule has 0 aromatic heterocycles. The van der Waals surface area contributed by atoms with Gasteiger partial charge in [0.2, 0.25) is 0 Å². The minimum absolute atomic E-state index is 0.683. The van der Waals surface area contributed by atoms with Crippen molar-refractivity contribution in [3.63, 3.8) is 0 Å². The molecule has 0 saturated heterocycles. The molecule has 5 heteroatoms. The number of nitrogens with zero attached hydrogens (tertiary/aromatic N) is 1. The Balaban J connectivity index is 3.23. The summed E-state index contributed by atoms with van der Waals surface area (Å²) >= 11 is 0. The lowest BCUT2D eigenvalue weighted by Gasteiger charge is -2.11. The molecule has 0 aromatic carbocycles. The van der Waals surface area contributed by atoms with Crippen LogP contribution in [0.1, 0.15) is 51.9 Å². The van der Waals surface area contributed by atoms with Crippen LogP contribution in [0, 0.1) is 0 Å². The van der Waals surface area contributed by atoms with Crippen molar-refractivity contribution in [1.82, 2.24) is 10.6 Å². The maximum Gasteiger partial charge on any atom is 0.191 e. The van der Waals surface area contributed by atoms with E-state index in [1.54, 1.807) is 14.2 Å². The van der Waals surface area contributed by atoms with Crippen molar-refractivity contribution >= 4 is 5.96 Å². The smallest absolute Gasteiger partial charge is 0.191 e. The van der Waals surface area contributed by atoms with Gasteiger partial charge >= 0.3 is 0 Å². The van der Waals surface area contributed by atoms with Crippen LogP contribution in [-0.4, -0.2) is 53.0 Å². The molecule has 0 fully saturated rings. The van der Waals surface area contributed by atoms with Crippen LogP contribution in [0.25, 0.3) is 0 Å². The average molecular weight is 301 g/mol. The Morgan fingerprint density at radius 2 is 1.52 bits per heavy atom. The predicted octanol–water partition coefficient (Wildman–Crippen LogP) is 2.57. The molecule has 0 rings (SSSR count). The largest absolute Gasteiger partial charge is 0.383 e. The van der Waals surface area contributed by atoms with Gasteiger partial charge in [-0.05, 0) is 12.8 Å². The molecule has 126 valence electrons. The highest BCUT2D eigenvalue weighted by atomic mass is 16.5. The maximum atomic E-state index is 5.63. The summed E-state index contributed by atoms with van der Waals surface area (Å²) in [4.78, 5) is 4.14. The first kappa shape index (κ1) is 20.2. The summed E-state index contributed by atoms with van der Waals surface area (Å²) in [7, 11) is 3.47. The molecule has 0 spiro atoms. The van der Waals surface area contributed by atoms with Gasteiger partial charge in [0, 0.05) is 40.5 Å². The van der Waals surface area contributed by atoms with Crippen LogP contribution in [0.15, 0.2) is 4.99 Å². The highest BCUT2D eigenvalue weighted by Crippen LogP contribution is 2.04. The molecule has 0 aromatic rings. The van der Waals surface area contributed by atoms with Gasteiger partial charge < -0.3 is 20.1 Å². The third-order valence-corrected chi connectivity index (χ3v) is 3.22. The van der Waals surface area contributed by atoms with Crippen molar-refractivity contribution in [2.75, 3.05) is 47.1 Å². The molecule has 0 radical (unpaired) electrons. The third kappa shape index (κ3) is 15.4. The van der Waals surface area contributed by atoms with E-state index >= 15 is 0 Å². The molecule has 0 heterocycles. The number of ether oxygens (including phenoxy) is 2. The minimum Gasteiger partial charge on any atom is -0.383 e. The summed E-state index contributed by atoms with van der Waals surface area (Å²) in [6.07, 6.45) is 8.89. The summed E-state index contributed by atoms with van der Waals surface area (Å²) in [5.74, 6) is 0.822. The fraction of sp³-hybridized carbons (Fsp3) is 0.938. The topological polar surface area (TPSA) is 54.9 Å². The SMILES string of the molecule is CCCCCCCCOCCCNC(=NC)NCCOC. The fourth-order valence-electron chi connectivity index (χ4n) is 1.96. The van der Waals surface area contributed by atoms with Gasteiger partial charge in [0.25, 0.3) is 0 Å². The van der Waals surface area contributed by atoms with E-state index in [1.165, 1.54) is 38.5 Å². The van der Waals surface area contributed by atoms with E-state index in [0.29, 0.717) is 6.61 Å². The second-order valence-corrected chi connectivity index (χ2v) is 5.15. The first-order chi connectivity index (χ1) is 10.3. The van der Waals surface area contributed by atoms with Gasteiger partial charge in [0.1, 0.15) is 0 Å². The lowest BCUT2D eigenvalue weighted by atomic mass is 10.1. The van der Waals surface area contributed by atoms with E-state index in [-0.39, 0.29) is 0 Å². The number of aliphatic imine (C=N–C) groups is 1. The van der Waals surface area contributed by atoms with Gasteiger partial charge in [-0.1, -0.05) is 39.0 Å². The van der Waals surface area contributed by atoms with Crippen LogP contribution >= 0.6 is 0 Å². The Labute approximate surface area is 130 Å². The summed E-state index contributed by atoms with van der Waals surface area (Å²) in [5.41, 5.74) is 0. The van der Waals surface area contributed by atoms with Crippen LogP contribution in [0.2, 0.25) is 0 Å². The van der Waals surface area contributed by atoms with Gasteiger partial charge in [0.15, 0.2) is 5.96 Å². The number of unbranched alkanes of at least 4 members (excludes halogenated alkanes) is 5. The Kier molecular flexibility index (Phi) is 16.6. The molecule has 21 heavy (non-hydrogen) atoms.